The normalized spacial score (nSPS) is 21.5. The first kappa shape index (κ1) is 12.9. The fourth-order valence-corrected chi connectivity index (χ4v) is 2.77. The van der Waals surface area contributed by atoms with E-state index in [-0.39, 0.29) is 6.04 Å². The molecule has 0 aromatic heterocycles. The van der Waals surface area contributed by atoms with Crippen LogP contribution in [0.15, 0.2) is 22.7 Å². The van der Waals surface area contributed by atoms with Gasteiger partial charge in [-0.25, -0.2) is 0 Å². The number of benzene rings is 1. The van der Waals surface area contributed by atoms with Crippen LogP contribution in [0.25, 0.3) is 0 Å². The molecule has 1 aromatic carbocycles. The average molecular weight is 299 g/mol. The predicted molar refractivity (Wildman–Crippen MR) is 73.3 cm³/mol. The van der Waals surface area contributed by atoms with Gasteiger partial charge >= 0.3 is 0 Å². The predicted octanol–water partition coefficient (Wildman–Crippen LogP) is 2.60. The van der Waals surface area contributed by atoms with E-state index >= 15 is 0 Å². The van der Waals surface area contributed by atoms with Crippen molar-refractivity contribution < 1.29 is 4.74 Å². The van der Waals surface area contributed by atoms with Crippen molar-refractivity contribution in [2.24, 2.45) is 5.73 Å². The number of nitrogens with one attached hydrogen (secondary N) is 1. The number of rotatable bonds is 4. The molecule has 2 unspecified atom stereocenters. The molecule has 1 aliphatic heterocycles. The van der Waals surface area contributed by atoms with Crippen LogP contribution in [-0.4, -0.2) is 19.7 Å². The van der Waals surface area contributed by atoms with Crippen LogP contribution in [0.5, 0.6) is 5.75 Å². The van der Waals surface area contributed by atoms with Crippen LogP contribution in [-0.2, 0) is 0 Å². The third-order valence-corrected chi connectivity index (χ3v) is 3.79. The van der Waals surface area contributed by atoms with Crippen molar-refractivity contribution in [1.82, 2.24) is 5.32 Å². The van der Waals surface area contributed by atoms with Gasteiger partial charge < -0.3 is 15.8 Å². The molecule has 17 heavy (non-hydrogen) atoms. The summed E-state index contributed by atoms with van der Waals surface area (Å²) in [4.78, 5) is 0. The number of methoxy groups -OCH3 is 1. The lowest BCUT2D eigenvalue weighted by atomic mass is 9.98. The van der Waals surface area contributed by atoms with E-state index in [1.54, 1.807) is 7.11 Å². The topological polar surface area (TPSA) is 47.3 Å². The number of nitrogens with two attached hydrogens (primary N) is 1. The molecule has 0 saturated carbocycles. The minimum absolute atomic E-state index is 0.0260. The second-order valence-electron chi connectivity index (χ2n) is 4.52. The SMILES string of the molecule is COc1ccc(Br)cc1C(N)CC1CCCN1. The quantitative estimate of drug-likeness (QED) is 0.898. The van der Waals surface area contributed by atoms with E-state index in [0.717, 1.165) is 28.8 Å². The summed E-state index contributed by atoms with van der Waals surface area (Å²) in [5, 5.41) is 3.48. The van der Waals surface area contributed by atoms with E-state index < -0.39 is 0 Å². The molecule has 0 spiro atoms. The van der Waals surface area contributed by atoms with Crippen LogP contribution < -0.4 is 15.8 Å². The molecule has 4 heteroatoms. The highest BCUT2D eigenvalue weighted by Crippen LogP contribution is 2.30. The number of ether oxygens (including phenoxy) is 1. The zero-order chi connectivity index (χ0) is 12.3. The average Bonchev–Trinajstić information content (AvgIpc) is 2.81. The van der Waals surface area contributed by atoms with Crippen molar-refractivity contribution in [3.8, 4) is 5.75 Å². The van der Waals surface area contributed by atoms with Gasteiger partial charge in [-0.05, 0) is 44.0 Å². The van der Waals surface area contributed by atoms with Gasteiger partial charge in [0.25, 0.3) is 0 Å². The van der Waals surface area contributed by atoms with Gasteiger partial charge in [-0.1, -0.05) is 15.9 Å². The lowest BCUT2D eigenvalue weighted by molar-refractivity contribution is 0.399. The maximum Gasteiger partial charge on any atom is 0.123 e. The summed E-state index contributed by atoms with van der Waals surface area (Å²) in [5.41, 5.74) is 7.36. The van der Waals surface area contributed by atoms with Crippen LogP contribution in [0.2, 0.25) is 0 Å². The molecular weight excluding hydrogens is 280 g/mol. The first-order valence-electron chi connectivity index (χ1n) is 6.03. The lowest BCUT2D eigenvalue weighted by Gasteiger charge is -2.19. The first-order chi connectivity index (χ1) is 8.20. The Morgan fingerprint density at radius 1 is 1.59 bits per heavy atom. The highest BCUT2D eigenvalue weighted by atomic mass is 79.9. The zero-order valence-electron chi connectivity index (χ0n) is 10.1. The first-order valence-corrected chi connectivity index (χ1v) is 6.82. The minimum Gasteiger partial charge on any atom is -0.496 e. The van der Waals surface area contributed by atoms with Gasteiger partial charge in [0.05, 0.1) is 7.11 Å². The maximum atomic E-state index is 6.28. The number of halogens is 1. The van der Waals surface area contributed by atoms with Gasteiger partial charge in [0.15, 0.2) is 0 Å². The van der Waals surface area contributed by atoms with Crippen molar-refractivity contribution in [1.29, 1.82) is 0 Å². The van der Waals surface area contributed by atoms with Crippen molar-refractivity contribution in [2.45, 2.75) is 31.3 Å². The Morgan fingerprint density at radius 2 is 2.41 bits per heavy atom. The molecule has 1 heterocycles. The van der Waals surface area contributed by atoms with Crippen molar-refractivity contribution >= 4 is 15.9 Å². The fraction of sp³-hybridized carbons (Fsp3) is 0.538. The van der Waals surface area contributed by atoms with Crippen molar-refractivity contribution in [2.75, 3.05) is 13.7 Å². The number of hydrogen-bond acceptors (Lipinski definition) is 3. The summed E-state index contributed by atoms with van der Waals surface area (Å²) in [6.45, 7) is 1.12. The molecule has 0 radical (unpaired) electrons. The molecule has 1 aliphatic rings. The van der Waals surface area contributed by atoms with Gasteiger partial charge in [-0.3, -0.25) is 0 Å². The Morgan fingerprint density at radius 3 is 3.06 bits per heavy atom. The van der Waals surface area contributed by atoms with E-state index in [1.165, 1.54) is 12.8 Å². The molecule has 3 N–H and O–H groups in total. The van der Waals surface area contributed by atoms with E-state index in [0.29, 0.717) is 6.04 Å². The van der Waals surface area contributed by atoms with Crippen LogP contribution in [0, 0.1) is 0 Å². The standard InChI is InChI=1S/C13H19BrN2O/c1-17-13-5-4-9(14)7-11(13)12(15)8-10-3-2-6-16-10/h4-5,7,10,12,16H,2-3,6,8,15H2,1H3. The Balaban J connectivity index is 2.11. The Hall–Kier alpha value is -0.580. The van der Waals surface area contributed by atoms with Gasteiger partial charge in [-0.15, -0.1) is 0 Å². The summed E-state index contributed by atoms with van der Waals surface area (Å²) in [6, 6.07) is 6.56. The van der Waals surface area contributed by atoms with Gasteiger partial charge in [-0.2, -0.15) is 0 Å². The summed E-state index contributed by atoms with van der Waals surface area (Å²) in [6.07, 6.45) is 3.45. The largest absolute Gasteiger partial charge is 0.496 e. The van der Waals surface area contributed by atoms with Crippen LogP contribution in [0.1, 0.15) is 30.9 Å². The fourth-order valence-electron chi connectivity index (χ4n) is 2.39. The van der Waals surface area contributed by atoms with Crippen molar-refractivity contribution in [3.63, 3.8) is 0 Å². The molecule has 2 rings (SSSR count). The molecule has 1 fully saturated rings. The third-order valence-electron chi connectivity index (χ3n) is 3.29. The smallest absolute Gasteiger partial charge is 0.123 e. The molecule has 2 atom stereocenters. The summed E-state index contributed by atoms with van der Waals surface area (Å²) < 4.78 is 6.41. The summed E-state index contributed by atoms with van der Waals surface area (Å²) >= 11 is 3.48. The highest BCUT2D eigenvalue weighted by Gasteiger charge is 2.20. The van der Waals surface area contributed by atoms with Crippen LogP contribution in [0.4, 0.5) is 0 Å². The van der Waals surface area contributed by atoms with E-state index in [4.69, 9.17) is 10.5 Å². The van der Waals surface area contributed by atoms with Crippen molar-refractivity contribution in [3.05, 3.63) is 28.2 Å². The Kier molecular flexibility index (Phi) is 4.42. The molecular formula is C13H19BrN2O. The lowest BCUT2D eigenvalue weighted by Crippen LogP contribution is -2.27. The second-order valence-corrected chi connectivity index (χ2v) is 5.44. The van der Waals surface area contributed by atoms with Crippen LogP contribution in [0.3, 0.4) is 0 Å². The maximum absolute atomic E-state index is 6.28. The molecule has 1 saturated heterocycles. The van der Waals surface area contributed by atoms with E-state index in [2.05, 4.69) is 27.3 Å². The summed E-state index contributed by atoms with van der Waals surface area (Å²) in [5.74, 6) is 0.874. The molecule has 0 aliphatic carbocycles. The number of hydrogen-bond donors (Lipinski definition) is 2. The van der Waals surface area contributed by atoms with Gasteiger partial charge in [0.2, 0.25) is 0 Å². The van der Waals surface area contributed by atoms with E-state index in [9.17, 15) is 0 Å². The monoisotopic (exact) mass is 298 g/mol. The van der Waals surface area contributed by atoms with Gasteiger partial charge in [0.1, 0.15) is 5.75 Å². The van der Waals surface area contributed by atoms with E-state index in [1.807, 2.05) is 12.1 Å². The highest BCUT2D eigenvalue weighted by molar-refractivity contribution is 9.10. The molecule has 1 aromatic rings. The third kappa shape index (κ3) is 3.21. The summed E-state index contributed by atoms with van der Waals surface area (Å²) in [7, 11) is 1.69. The van der Waals surface area contributed by atoms with Crippen LogP contribution >= 0.6 is 15.9 Å². The molecule has 94 valence electrons. The Bertz CT molecular complexity index is 378. The Labute approximate surface area is 111 Å². The molecule has 3 nitrogen and oxygen atoms in total. The molecule has 0 bridgehead atoms. The molecule has 0 amide bonds. The minimum atomic E-state index is 0.0260. The zero-order valence-corrected chi connectivity index (χ0v) is 11.7. The van der Waals surface area contributed by atoms with Gasteiger partial charge in [0, 0.05) is 22.1 Å². The second kappa shape index (κ2) is 5.85.